The van der Waals surface area contributed by atoms with Crippen molar-refractivity contribution in [3.05, 3.63) is 212 Å². The van der Waals surface area contributed by atoms with Crippen molar-refractivity contribution in [3.8, 4) is 73.0 Å². The van der Waals surface area contributed by atoms with E-state index in [1.165, 1.54) is 49.6 Å². The fraction of sp³-hybridized carbons (Fsp3) is 0. The topological polar surface area (TPSA) is 30.7 Å². The highest BCUT2D eigenvalue weighted by Gasteiger charge is 2.14. The lowest BCUT2D eigenvalue weighted by Crippen LogP contribution is -1.96. The molecule has 0 atom stereocenters. The van der Waals surface area contributed by atoms with Gasteiger partial charge in [-0.3, -0.25) is 0 Å². The highest BCUT2D eigenvalue weighted by atomic mass is 15.0. The smallest absolute Gasteiger partial charge is 0.160 e. The van der Waals surface area contributed by atoms with Crippen molar-refractivity contribution in [1.29, 1.82) is 0 Å². The summed E-state index contributed by atoms with van der Waals surface area (Å²) in [5, 5.41) is 2.52. The van der Waals surface area contributed by atoms with Crippen molar-refractivity contribution in [2.45, 2.75) is 0 Å². The molecule has 258 valence electrons. The first-order valence-corrected chi connectivity index (χ1v) is 18.7. The van der Waals surface area contributed by atoms with Gasteiger partial charge in [-0.15, -0.1) is 0 Å². The van der Waals surface area contributed by atoms with Crippen molar-refractivity contribution in [3.63, 3.8) is 0 Å². The molecule has 0 fully saturated rings. The standard InChI is InChI=1S/C52H35N3/c1-4-12-36(13-5-1)37-26-30-43(31-27-37)52-53-48(41-14-6-2-7-15-41)35-49(54-52)42-28-24-39(25-29-42)38-20-22-40(23-21-38)44-32-33-47-46-18-10-11-19-50(46)55(51(47)34-44)45-16-8-3-9-17-45/h1-35H. The first-order valence-electron chi connectivity index (χ1n) is 18.7. The van der Waals surface area contributed by atoms with E-state index in [-0.39, 0.29) is 0 Å². The quantitative estimate of drug-likeness (QED) is 0.166. The zero-order chi connectivity index (χ0) is 36.6. The van der Waals surface area contributed by atoms with Gasteiger partial charge in [0.15, 0.2) is 5.82 Å². The summed E-state index contributed by atoms with van der Waals surface area (Å²) in [5.41, 5.74) is 15.5. The highest BCUT2D eigenvalue weighted by Crippen LogP contribution is 2.36. The predicted octanol–water partition coefficient (Wildman–Crippen LogP) is 13.6. The Morgan fingerprint density at radius 3 is 1.27 bits per heavy atom. The second kappa shape index (κ2) is 13.9. The van der Waals surface area contributed by atoms with E-state index in [1.807, 2.05) is 24.3 Å². The summed E-state index contributed by atoms with van der Waals surface area (Å²) < 4.78 is 2.37. The van der Waals surface area contributed by atoms with Crippen LogP contribution in [0.4, 0.5) is 0 Å². The number of nitrogens with zero attached hydrogens (tertiary/aromatic N) is 3. The molecule has 2 heterocycles. The summed E-state index contributed by atoms with van der Waals surface area (Å²) in [6, 6.07) is 75.1. The van der Waals surface area contributed by atoms with E-state index >= 15 is 0 Å². The molecule has 0 spiro atoms. The first kappa shape index (κ1) is 32.3. The van der Waals surface area contributed by atoms with Gasteiger partial charge in [-0.05, 0) is 63.7 Å². The Labute approximate surface area is 320 Å². The highest BCUT2D eigenvalue weighted by molar-refractivity contribution is 6.10. The molecule has 0 aliphatic rings. The Morgan fingerprint density at radius 2 is 0.673 bits per heavy atom. The van der Waals surface area contributed by atoms with Gasteiger partial charge in [0.2, 0.25) is 0 Å². The minimum atomic E-state index is 0.706. The van der Waals surface area contributed by atoms with Crippen molar-refractivity contribution in [2.75, 3.05) is 0 Å². The van der Waals surface area contributed by atoms with Gasteiger partial charge in [0.05, 0.1) is 22.4 Å². The van der Waals surface area contributed by atoms with Crippen LogP contribution in [0.1, 0.15) is 0 Å². The molecule has 0 aliphatic heterocycles. The van der Waals surface area contributed by atoms with Gasteiger partial charge in [0, 0.05) is 33.2 Å². The Bertz CT molecular complexity index is 2910. The van der Waals surface area contributed by atoms with Crippen LogP contribution in [-0.4, -0.2) is 14.5 Å². The zero-order valence-corrected chi connectivity index (χ0v) is 30.0. The van der Waals surface area contributed by atoms with Crippen molar-refractivity contribution in [2.24, 2.45) is 0 Å². The first-order chi connectivity index (χ1) is 27.2. The maximum absolute atomic E-state index is 5.10. The summed E-state index contributed by atoms with van der Waals surface area (Å²) in [6.45, 7) is 0. The predicted molar refractivity (Wildman–Crippen MR) is 229 cm³/mol. The largest absolute Gasteiger partial charge is 0.309 e. The summed E-state index contributed by atoms with van der Waals surface area (Å²) in [4.78, 5) is 10.1. The molecule has 0 N–H and O–H groups in total. The van der Waals surface area contributed by atoms with Crippen molar-refractivity contribution < 1.29 is 0 Å². The van der Waals surface area contributed by atoms with Crippen molar-refractivity contribution in [1.82, 2.24) is 14.5 Å². The van der Waals surface area contributed by atoms with Gasteiger partial charge in [-0.2, -0.15) is 0 Å². The lowest BCUT2D eigenvalue weighted by atomic mass is 9.98. The maximum atomic E-state index is 5.10. The molecular weight excluding hydrogens is 667 g/mol. The number of benzene rings is 8. The van der Waals surface area contributed by atoms with E-state index in [1.54, 1.807) is 0 Å². The minimum Gasteiger partial charge on any atom is -0.309 e. The number of para-hydroxylation sites is 2. The zero-order valence-electron chi connectivity index (χ0n) is 30.0. The molecular formula is C52H35N3. The minimum absolute atomic E-state index is 0.706. The Hall–Kier alpha value is -7.36. The van der Waals surface area contributed by atoms with Gasteiger partial charge < -0.3 is 4.57 Å². The third kappa shape index (κ3) is 6.18. The normalized spacial score (nSPS) is 11.3. The van der Waals surface area contributed by atoms with Crippen LogP contribution in [0.3, 0.4) is 0 Å². The number of hydrogen-bond donors (Lipinski definition) is 0. The molecule has 0 amide bonds. The van der Waals surface area contributed by atoms with E-state index in [9.17, 15) is 0 Å². The molecule has 0 bridgehead atoms. The lowest BCUT2D eigenvalue weighted by Gasteiger charge is -2.11. The monoisotopic (exact) mass is 701 g/mol. The average Bonchev–Trinajstić information content (AvgIpc) is 3.61. The van der Waals surface area contributed by atoms with Crippen LogP contribution >= 0.6 is 0 Å². The molecule has 2 aromatic heterocycles. The van der Waals surface area contributed by atoms with Gasteiger partial charge in [-0.1, -0.05) is 182 Å². The SMILES string of the molecule is c1ccc(-c2ccc(-c3nc(-c4ccccc4)cc(-c4ccc(-c5ccc(-c6ccc7c8ccccc8n(-c8ccccc8)c7c6)cc5)cc4)n3)cc2)cc1. The third-order valence-electron chi connectivity index (χ3n) is 10.5. The van der Waals surface area contributed by atoms with E-state index in [0.717, 1.165) is 39.3 Å². The summed E-state index contributed by atoms with van der Waals surface area (Å²) in [6.07, 6.45) is 0. The number of rotatable bonds is 7. The second-order valence-corrected chi connectivity index (χ2v) is 13.8. The molecule has 3 heteroatoms. The van der Waals surface area contributed by atoms with Gasteiger partial charge >= 0.3 is 0 Å². The van der Waals surface area contributed by atoms with E-state index in [0.29, 0.717) is 5.82 Å². The summed E-state index contributed by atoms with van der Waals surface area (Å²) in [7, 11) is 0. The van der Waals surface area contributed by atoms with Crippen LogP contribution in [0.5, 0.6) is 0 Å². The summed E-state index contributed by atoms with van der Waals surface area (Å²) in [5.74, 6) is 0.706. The van der Waals surface area contributed by atoms with E-state index in [2.05, 4.69) is 193 Å². The molecule has 0 unspecified atom stereocenters. The fourth-order valence-corrected chi connectivity index (χ4v) is 7.62. The van der Waals surface area contributed by atoms with Crippen molar-refractivity contribution >= 4 is 21.8 Å². The Balaban J connectivity index is 0.960. The Kier molecular flexibility index (Phi) is 8.16. The lowest BCUT2D eigenvalue weighted by molar-refractivity contribution is 1.18. The van der Waals surface area contributed by atoms with Crippen LogP contribution in [0.2, 0.25) is 0 Å². The number of hydrogen-bond acceptors (Lipinski definition) is 2. The molecule has 3 nitrogen and oxygen atoms in total. The molecule has 10 aromatic rings. The molecule has 0 radical (unpaired) electrons. The molecule has 55 heavy (non-hydrogen) atoms. The van der Waals surface area contributed by atoms with Gasteiger partial charge in [0.1, 0.15) is 0 Å². The van der Waals surface area contributed by atoms with E-state index < -0.39 is 0 Å². The second-order valence-electron chi connectivity index (χ2n) is 13.8. The maximum Gasteiger partial charge on any atom is 0.160 e. The number of aromatic nitrogens is 3. The van der Waals surface area contributed by atoms with Crippen LogP contribution in [0, 0.1) is 0 Å². The van der Waals surface area contributed by atoms with Crippen LogP contribution in [-0.2, 0) is 0 Å². The van der Waals surface area contributed by atoms with Crippen LogP contribution < -0.4 is 0 Å². The number of fused-ring (bicyclic) bond motifs is 3. The fourth-order valence-electron chi connectivity index (χ4n) is 7.62. The average molecular weight is 702 g/mol. The summed E-state index contributed by atoms with van der Waals surface area (Å²) >= 11 is 0. The van der Waals surface area contributed by atoms with Crippen LogP contribution in [0.15, 0.2) is 212 Å². The van der Waals surface area contributed by atoms with Gasteiger partial charge in [-0.25, -0.2) is 9.97 Å². The van der Waals surface area contributed by atoms with Crippen LogP contribution in [0.25, 0.3) is 94.8 Å². The third-order valence-corrected chi connectivity index (χ3v) is 10.5. The molecule has 0 saturated carbocycles. The molecule has 0 saturated heterocycles. The molecule has 0 aliphatic carbocycles. The molecule has 10 rings (SSSR count). The van der Waals surface area contributed by atoms with E-state index in [4.69, 9.17) is 9.97 Å². The van der Waals surface area contributed by atoms with Gasteiger partial charge in [0.25, 0.3) is 0 Å². The molecule has 8 aromatic carbocycles. The Morgan fingerprint density at radius 1 is 0.273 bits per heavy atom.